The number of aliphatic hydroxyl groups excluding tert-OH is 1. The number of anilines is 2. The predicted molar refractivity (Wildman–Crippen MR) is 77.6 cm³/mol. The quantitative estimate of drug-likeness (QED) is 0.828. The Balaban J connectivity index is 2.16. The molecule has 1 N–H and O–H groups in total. The fourth-order valence-electron chi connectivity index (χ4n) is 2.45. The third-order valence-electron chi connectivity index (χ3n) is 3.77. The Kier molecular flexibility index (Phi) is 4.10. The van der Waals surface area contributed by atoms with Crippen molar-refractivity contribution in [3.05, 3.63) is 23.8 Å². The van der Waals surface area contributed by atoms with Crippen molar-refractivity contribution in [2.45, 2.75) is 32.3 Å². The molecule has 0 fully saturated rings. The molecule has 1 aliphatic heterocycles. The molecule has 1 unspecified atom stereocenters. The number of aliphatic hydroxyl groups is 1. The van der Waals surface area contributed by atoms with Crippen LogP contribution < -0.4 is 9.80 Å². The second kappa shape index (κ2) is 5.61. The lowest BCUT2D eigenvalue weighted by molar-refractivity contribution is -0.125. The summed E-state index contributed by atoms with van der Waals surface area (Å²) in [5.41, 5.74) is 2.61. The van der Waals surface area contributed by atoms with Gasteiger partial charge in [0.05, 0.1) is 5.69 Å². The van der Waals surface area contributed by atoms with Crippen LogP contribution in [0, 0.1) is 0 Å². The van der Waals surface area contributed by atoms with Gasteiger partial charge in [0.15, 0.2) is 6.10 Å². The van der Waals surface area contributed by atoms with Crippen molar-refractivity contribution in [1.82, 2.24) is 0 Å². The largest absolute Gasteiger partial charge is 0.378 e. The maximum absolute atomic E-state index is 11.7. The van der Waals surface area contributed by atoms with Gasteiger partial charge >= 0.3 is 0 Å². The Labute approximate surface area is 114 Å². The minimum Gasteiger partial charge on any atom is -0.378 e. The number of amides is 1. The van der Waals surface area contributed by atoms with Crippen LogP contribution in [0.3, 0.4) is 0 Å². The minimum atomic E-state index is -1.00. The van der Waals surface area contributed by atoms with Crippen LogP contribution in [0.25, 0.3) is 0 Å². The van der Waals surface area contributed by atoms with Crippen molar-refractivity contribution in [2.24, 2.45) is 0 Å². The van der Waals surface area contributed by atoms with E-state index >= 15 is 0 Å². The summed E-state index contributed by atoms with van der Waals surface area (Å²) in [7, 11) is 3.77. The van der Waals surface area contributed by atoms with Crippen LogP contribution in [0.5, 0.6) is 0 Å². The minimum absolute atomic E-state index is 0.249. The molecule has 0 saturated heterocycles. The number of carbonyl (C=O) groups excluding carboxylic acids is 1. The van der Waals surface area contributed by atoms with Gasteiger partial charge in [-0.25, -0.2) is 0 Å². The third-order valence-corrected chi connectivity index (χ3v) is 3.77. The van der Waals surface area contributed by atoms with Crippen LogP contribution in [0.2, 0.25) is 0 Å². The Morgan fingerprint density at radius 3 is 2.79 bits per heavy atom. The molecule has 2 rings (SSSR count). The fourth-order valence-corrected chi connectivity index (χ4v) is 2.45. The number of carbonyl (C=O) groups is 1. The Bertz CT molecular complexity index is 473. The molecule has 4 nitrogen and oxygen atoms in total. The first-order valence-corrected chi connectivity index (χ1v) is 6.87. The number of nitrogens with zero attached hydrogens (tertiary/aromatic N) is 2. The summed E-state index contributed by atoms with van der Waals surface area (Å²) in [6.45, 7) is 3.20. The number of benzene rings is 1. The zero-order chi connectivity index (χ0) is 14.0. The molecule has 4 heteroatoms. The highest BCUT2D eigenvalue weighted by Crippen LogP contribution is 2.37. The van der Waals surface area contributed by atoms with Crippen LogP contribution in [0.15, 0.2) is 18.2 Å². The van der Waals surface area contributed by atoms with E-state index in [1.54, 1.807) is 7.05 Å². The molecular weight excluding hydrogens is 240 g/mol. The van der Waals surface area contributed by atoms with Gasteiger partial charge in [0.2, 0.25) is 0 Å². The standard InChI is InChI=1S/C15H22N2O2/c1-4-5-6-9-16(2)11-7-8-12-13(10-11)17(3)15(19)14(12)18/h7-8,10,14,18H,4-6,9H2,1-3H3. The maximum Gasteiger partial charge on any atom is 0.260 e. The van der Waals surface area contributed by atoms with Crippen molar-refractivity contribution in [1.29, 1.82) is 0 Å². The molecule has 1 aromatic carbocycles. The molecule has 19 heavy (non-hydrogen) atoms. The zero-order valence-corrected chi connectivity index (χ0v) is 11.9. The van der Waals surface area contributed by atoms with Gasteiger partial charge in [-0.1, -0.05) is 25.8 Å². The van der Waals surface area contributed by atoms with E-state index < -0.39 is 6.10 Å². The van der Waals surface area contributed by atoms with Crippen molar-refractivity contribution in [3.8, 4) is 0 Å². The molecule has 104 valence electrons. The average molecular weight is 262 g/mol. The number of rotatable bonds is 5. The van der Waals surface area contributed by atoms with E-state index in [0.29, 0.717) is 5.56 Å². The van der Waals surface area contributed by atoms with E-state index in [9.17, 15) is 9.90 Å². The smallest absolute Gasteiger partial charge is 0.260 e. The molecule has 1 atom stereocenters. The van der Waals surface area contributed by atoms with Gasteiger partial charge in [-0.05, 0) is 18.6 Å². The molecule has 0 radical (unpaired) electrons. The van der Waals surface area contributed by atoms with Crippen molar-refractivity contribution >= 4 is 17.3 Å². The lowest BCUT2D eigenvalue weighted by Gasteiger charge is -2.21. The van der Waals surface area contributed by atoms with E-state index in [1.807, 2.05) is 18.2 Å². The van der Waals surface area contributed by atoms with E-state index in [-0.39, 0.29) is 5.91 Å². The van der Waals surface area contributed by atoms with Gasteiger partial charge in [0.1, 0.15) is 0 Å². The van der Waals surface area contributed by atoms with Crippen LogP contribution in [0.1, 0.15) is 37.9 Å². The molecule has 1 aromatic rings. The summed E-state index contributed by atoms with van der Waals surface area (Å²) in [5.74, 6) is -0.249. The van der Waals surface area contributed by atoms with Gasteiger partial charge in [0, 0.05) is 31.9 Å². The predicted octanol–water partition coefficient (Wildman–Crippen LogP) is 2.32. The number of hydrogen-bond donors (Lipinski definition) is 1. The van der Waals surface area contributed by atoms with E-state index in [4.69, 9.17) is 0 Å². The molecule has 0 aromatic heterocycles. The average Bonchev–Trinajstić information content (AvgIpc) is 2.64. The molecule has 0 spiro atoms. The first-order chi connectivity index (χ1) is 9.06. The van der Waals surface area contributed by atoms with Crippen LogP contribution in [0.4, 0.5) is 11.4 Å². The molecule has 0 saturated carbocycles. The van der Waals surface area contributed by atoms with E-state index in [2.05, 4.69) is 18.9 Å². The highest BCUT2D eigenvalue weighted by molar-refractivity contribution is 6.03. The molecule has 0 bridgehead atoms. The monoisotopic (exact) mass is 262 g/mol. The van der Waals surface area contributed by atoms with E-state index in [0.717, 1.165) is 17.9 Å². The lowest BCUT2D eigenvalue weighted by atomic mass is 10.1. The zero-order valence-electron chi connectivity index (χ0n) is 11.9. The molecule has 1 aliphatic rings. The summed E-state index contributed by atoms with van der Waals surface area (Å²) < 4.78 is 0. The first kappa shape index (κ1) is 13.9. The first-order valence-electron chi connectivity index (χ1n) is 6.87. The van der Waals surface area contributed by atoms with Crippen LogP contribution in [-0.2, 0) is 4.79 Å². The third kappa shape index (κ3) is 2.59. The number of likely N-dealkylation sites (N-methyl/N-ethyl adjacent to an activating group) is 1. The van der Waals surface area contributed by atoms with Crippen LogP contribution >= 0.6 is 0 Å². The summed E-state index contributed by atoms with van der Waals surface area (Å²) in [6.07, 6.45) is 2.61. The Morgan fingerprint density at radius 2 is 2.11 bits per heavy atom. The van der Waals surface area contributed by atoms with Gasteiger partial charge in [-0.2, -0.15) is 0 Å². The summed E-state index contributed by atoms with van der Waals surface area (Å²) in [4.78, 5) is 15.4. The van der Waals surface area contributed by atoms with E-state index in [1.165, 1.54) is 24.2 Å². The van der Waals surface area contributed by atoms with Gasteiger partial charge in [-0.3, -0.25) is 4.79 Å². The molecular formula is C15H22N2O2. The van der Waals surface area contributed by atoms with Gasteiger partial charge in [0.25, 0.3) is 5.91 Å². The Hall–Kier alpha value is -1.55. The molecule has 1 amide bonds. The highest BCUT2D eigenvalue weighted by Gasteiger charge is 2.33. The van der Waals surface area contributed by atoms with Crippen molar-refractivity contribution < 1.29 is 9.90 Å². The number of fused-ring (bicyclic) bond motifs is 1. The SMILES string of the molecule is CCCCCN(C)c1ccc2c(c1)N(C)C(=O)C2O. The Morgan fingerprint density at radius 1 is 1.37 bits per heavy atom. The summed E-state index contributed by atoms with van der Waals surface area (Å²) in [6, 6.07) is 5.81. The van der Waals surface area contributed by atoms with Gasteiger partial charge in [-0.15, -0.1) is 0 Å². The second-order valence-corrected chi connectivity index (χ2v) is 5.17. The van der Waals surface area contributed by atoms with Crippen molar-refractivity contribution in [2.75, 3.05) is 30.4 Å². The normalized spacial score (nSPS) is 17.8. The highest BCUT2D eigenvalue weighted by atomic mass is 16.3. The summed E-state index contributed by atoms with van der Waals surface area (Å²) >= 11 is 0. The fraction of sp³-hybridized carbons (Fsp3) is 0.533. The molecule has 1 heterocycles. The summed E-state index contributed by atoms with van der Waals surface area (Å²) in [5, 5.41) is 9.82. The number of unbranched alkanes of at least 4 members (excludes halogenated alkanes) is 2. The molecule has 0 aliphatic carbocycles. The lowest BCUT2D eigenvalue weighted by Crippen LogP contribution is -2.24. The van der Waals surface area contributed by atoms with Gasteiger partial charge < -0.3 is 14.9 Å². The van der Waals surface area contributed by atoms with Crippen molar-refractivity contribution in [3.63, 3.8) is 0 Å². The van der Waals surface area contributed by atoms with Crippen LogP contribution in [-0.4, -0.2) is 31.7 Å². The topological polar surface area (TPSA) is 43.8 Å². The number of hydrogen-bond acceptors (Lipinski definition) is 3. The maximum atomic E-state index is 11.7. The second-order valence-electron chi connectivity index (χ2n) is 5.17.